The molecule has 0 fully saturated rings. The maximum absolute atomic E-state index is 9.74. The van der Waals surface area contributed by atoms with Crippen LogP contribution < -0.4 is 25.9 Å². The Balaban J connectivity index is 1.92. The Bertz CT molecular complexity index is 675. The predicted octanol–water partition coefficient (Wildman–Crippen LogP) is 0.948. The van der Waals surface area contributed by atoms with Gasteiger partial charge in [-0.15, -0.1) is 0 Å². The number of aliphatic hydroxyl groups excluding tert-OH is 2. The van der Waals surface area contributed by atoms with Crippen molar-refractivity contribution in [2.75, 3.05) is 20.3 Å². The van der Waals surface area contributed by atoms with Gasteiger partial charge in [-0.3, -0.25) is 0 Å². The highest BCUT2D eigenvalue weighted by atomic mass is 127. The Hall–Kier alpha value is -1.15. The van der Waals surface area contributed by atoms with Crippen molar-refractivity contribution in [3.63, 3.8) is 0 Å². The summed E-state index contributed by atoms with van der Waals surface area (Å²) < 4.78 is 13.3. The fourth-order valence-corrected chi connectivity index (χ4v) is 5.58. The van der Waals surface area contributed by atoms with Gasteiger partial charge in [-0.25, -0.2) is 0 Å². The van der Waals surface area contributed by atoms with Crippen molar-refractivity contribution in [3.05, 3.63) is 60.2 Å². The first-order chi connectivity index (χ1) is 13.7. The van der Waals surface area contributed by atoms with Crippen LogP contribution in [0.5, 0.6) is 5.75 Å². The molecular formula is C23H32IO4+. The third-order valence-electron chi connectivity index (χ3n) is 4.54. The smallest absolute Gasteiger partial charge is 0.358 e. The van der Waals surface area contributed by atoms with E-state index in [0.29, 0.717) is 5.75 Å². The number of halogens is 1. The van der Waals surface area contributed by atoms with E-state index in [1.807, 2.05) is 12.1 Å². The Morgan fingerprint density at radius 2 is 1.54 bits per heavy atom. The summed E-state index contributed by atoms with van der Waals surface area (Å²) in [7, 11) is 1.60. The highest BCUT2D eigenvalue weighted by Gasteiger charge is 2.25. The minimum absolute atomic E-state index is 0.0440. The second-order valence-corrected chi connectivity index (χ2v) is 9.58. The van der Waals surface area contributed by atoms with Gasteiger partial charge < -0.3 is 19.7 Å². The van der Waals surface area contributed by atoms with E-state index in [2.05, 4.69) is 31.2 Å². The molecule has 0 aliphatic carbocycles. The van der Waals surface area contributed by atoms with Gasteiger partial charge >= 0.3 is 21.2 Å². The van der Waals surface area contributed by atoms with Gasteiger partial charge in [0.05, 0.1) is 20.3 Å². The lowest BCUT2D eigenvalue weighted by molar-refractivity contribution is -0.599. The summed E-state index contributed by atoms with van der Waals surface area (Å²) in [4.78, 5) is 0. The van der Waals surface area contributed by atoms with Crippen molar-refractivity contribution < 1.29 is 40.9 Å². The second-order valence-electron chi connectivity index (χ2n) is 6.72. The molecule has 0 aromatic heterocycles. The maximum Gasteiger partial charge on any atom is 0.358 e. The topological polar surface area (TPSA) is 58.9 Å². The number of aliphatic hydroxyl groups is 2. The van der Waals surface area contributed by atoms with E-state index in [1.54, 1.807) is 7.11 Å². The Kier molecular flexibility index (Phi) is 10.9. The second kappa shape index (κ2) is 13.1. The number of ether oxygens (including phenoxy) is 2. The molecule has 2 rings (SSSR count). The molecular weight excluding hydrogens is 467 g/mol. The predicted molar refractivity (Wildman–Crippen MR) is 107 cm³/mol. The molecule has 0 saturated carbocycles. The summed E-state index contributed by atoms with van der Waals surface area (Å²) in [5, 5.41) is 19.5. The van der Waals surface area contributed by atoms with Crippen LogP contribution in [0.2, 0.25) is 0 Å². The lowest BCUT2D eigenvalue weighted by Gasteiger charge is -2.07. The van der Waals surface area contributed by atoms with Crippen molar-refractivity contribution in [2.24, 2.45) is 0 Å². The summed E-state index contributed by atoms with van der Waals surface area (Å²) >= 11 is -0.480. The SMILES string of the molecule is CCCCOCCCCc1ccc([I+]c2c(CO)cc(OC)cc2CO)cc1. The molecule has 0 aliphatic rings. The van der Waals surface area contributed by atoms with Gasteiger partial charge in [0, 0.05) is 24.3 Å². The van der Waals surface area contributed by atoms with Crippen LogP contribution in [0, 0.1) is 7.14 Å². The number of unbranched alkanes of at least 4 members (excludes halogenated alkanes) is 2. The summed E-state index contributed by atoms with van der Waals surface area (Å²) in [6, 6.07) is 12.5. The summed E-state index contributed by atoms with van der Waals surface area (Å²) in [6.45, 7) is 3.83. The molecule has 4 nitrogen and oxygen atoms in total. The molecule has 0 atom stereocenters. The first-order valence-corrected chi connectivity index (χ1v) is 12.1. The third-order valence-corrected chi connectivity index (χ3v) is 7.80. The van der Waals surface area contributed by atoms with Gasteiger partial charge in [-0.05, 0) is 55.5 Å². The zero-order valence-electron chi connectivity index (χ0n) is 16.9. The highest BCUT2D eigenvalue weighted by molar-refractivity contribution is 5.33. The standard InChI is InChI=1S/C23H32IO4/c1-3-4-12-28-13-6-5-7-18-8-10-21(11-9-18)24-23-19(16-25)14-22(27-2)15-20(23)17-26/h8-11,14-15,25-26H,3-7,12-13,16-17H2,1-2H3/q+1. The van der Waals surface area contributed by atoms with Crippen LogP contribution in [0.25, 0.3) is 0 Å². The first kappa shape index (κ1) is 23.1. The van der Waals surface area contributed by atoms with Gasteiger partial charge in [0.1, 0.15) is 5.75 Å². The largest absolute Gasteiger partial charge is 0.497 e. The summed E-state index contributed by atoms with van der Waals surface area (Å²) in [5.74, 6) is 0.676. The van der Waals surface area contributed by atoms with Crippen molar-refractivity contribution in [1.82, 2.24) is 0 Å². The van der Waals surface area contributed by atoms with Crippen LogP contribution in [0.4, 0.5) is 0 Å². The van der Waals surface area contributed by atoms with Crippen molar-refractivity contribution in [3.8, 4) is 5.75 Å². The molecule has 0 saturated heterocycles. The van der Waals surface area contributed by atoms with E-state index in [-0.39, 0.29) is 13.2 Å². The molecule has 154 valence electrons. The first-order valence-electron chi connectivity index (χ1n) is 9.94. The average molecular weight is 499 g/mol. The summed E-state index contributed by atoms with van der Waals surface area (Å²) in [5.41, 5.74) is 3.05. The molecule has 0 spiro atoms. The average Bonchev–Trinajstić information content (AvgIpc) is 2.74. The Labute approximate surface area is 179 Å². The molecule has 0 unspecified atom stereocenters. The van der Waals surface area contributed by atoms with E-state index in [1.165, 1.54) is 15.6 Å². The molecule has 2 N–H and O–H groups in total. The van der Waals surface area contributed by atoms with E-state index < -0.39 is 21.2 Å². The molecule has 0 heterocycles. The van der Waals surface area contributed by atoms with E-state index >= 15 is 0 Å². The zero-order valence-corrected chi connectivity index (χ0v) is 19.1. The van der Waals surface area contributed by atoms with E-state index in [4.69, 9.17) is 9.47 Å². The van der Waals surface area contributed by atoms with Gasteiger partial charge in [0.2, 0.25) is 3.57 Å². The molecule has 0 aliphatic heterocycles. The van der Waals surface area contributed by atoms with E-state index in [0.717, 1.165) is 53.6 Å². The lowest BCUT2D eigenvalue weighted by Crippen LogP contribution is -3.62. The summed E-state index contributed by atoms with van der Waals surface area (Å²) in [6.07, 6.45) is 5.65. The number of hydrogen-bond donors (Lipinski definition) is 2. The number of rotatable bonds is 13. The number of methoxy groups -OCH3 is 1. The number of hydrogen-bond acceptors (Lipinski definition) is 4. The van der Waals surface area contributed by atoms with Crippen LogP contribution >= 0.6 is 0 Å². The van der Waals surface area contributed by atoms with Gasteiger partial charge in [-0.2, -0.15) is 0 Å². The zero-order chi connectivity index (χ0) is 20.2. The minimum atomic E-state index is -0.480. The van der Waals surface area contributed by atoms with Crippen LogP contribution in [-0.4, -0.2) is 30.5 Å². The fourth-order valence-electron chi connectivity index (χ4n) is 2.89. The van der Waals surface area contributed by atoms with Crippen LogP contribution in [0.3, 0.4) is 0 Å². The number of aryl methyl sites for hydroxylation is 1. The lowest BCUT2D eigenvalue weighted by atomic mass is 10.1. The van der Waals surface area contributed by atoms with Gasteiger partial charge in [0.15, 0.2) is 3.57 Å². The highest BCUT2D eigenvalue weighted by Crippen LogP contribution is 2.17. The van der Waals surface area contributed by atoms with Crippen molar-refractivity contribution in [1.29, 1.82) is 0 Å². The molecule has 0 bridgehead atoms. The quantitative estimate of drug-likeness (QED) is 0.319. The van der Waals surface area contributed by atoms with Gasteiger partial charge in [0.25, 0.3) is 0 Å². The van der Waals surface area contributed by atoms with E-state index in [9.17, 15) is 10.2 Å². The molecule has 0 radical (unpaired) electrons. The Morgan fingerprint density at radius 1 is 0.893 bits per heavy atom. The van der Waals surface area contributed by atoms with Crippen molar-refractivity contribution >= 4 is 0 Å². The monoisotopic (exact) mass is 499 g/mol. The van der Waals surface area contributed by atoms with Crippen LogP contribution in [-0.2, 0) is 24.4 Å². The van der Waals surface area contributed by atoms with Crippen molar-refractivity contribution in [2.45, 2.75) is 52.2 Å². The Morgan fingerprint density at radius 3 is 2.11 bits per heavy atom. The molecule has 28 heavy (non-hydrogen) atoms. The molecule has 5 heteroatoms. The van der Waals surface area contributed by atoms with Crippen LogP contribution in [0.1, 0.15) is 49.3 Å². The molecule has 0 amide bonds. The minimum Gasteiger partial charge on any atom is -0.497 e. The van der Waals surface area contributed by atoms with Crippen LogP contribution in [0.15, 0.2) is 36.4 Å². The maximum atomic E-state index is 9.74. The normalized spacial score (nSPS) is 11.0. The van der Waals surface area contributed by atoms with Gasteiger partial charge in [-0.1, -0.05) is 25.5 Å². The number of benzene rings is 2. The fraction of sp³-hybridized carbons (Fsp3) is 0.478. The molecule has 2 aromatic carbocycles. The molecule has 2 aromatic rings. The third kappa shape index (κ3) is 7.35.